The molecule has 1 N–H and O–H groups in total. The summed E-state index contributed by atoms with van der Waals surface area (Å²) in [6, 6.07) is 6.33. The van der Waals surface area contributed by atoms with E-state index in [0.29, 0.717) is 5.88 Å². The first-order valence-electron chi connectivity index (χ1n) is 6.25. The standard InChI is InChI=1S/C14H18BrN3OS/c1-9(11-5-6-12(15)20-11)17-13-10(18(2)3)7-8-16-14(13)19-4/h5-9,17H,1-4H3. The molecule has 4 nitrogen and oxygen atoms in total. The molecule has 0 aliphatic rings. The van der Waals surface area contributed by atoms with Gasteiger partial charge in [0.15, 0.2) is 0 Å². The molecule has 2 aromatic heterocycles. The van der Waals surface area contributed by atoms with Crippen molar-refractivity contribution in [1.29, 1.82) is 0 Å². The predicted molar refractivity (Wildman–Crippen MR) is 89.2 cm³/mol. The van der Waals surface area contributed by atoms with Crippen molar-refractivity contribution >= 4 is 38.6 Å². The SMILES string of the molecule is COc1nccc(N(C)C)c1NC(C)c1ccc(Br)s1. The average Bonchev–Trinajstić information content (AvgIpc) is 2.85. The predicted octanol–water partition coefficient (Wildman–Crippen LogP) is 4.15. The molecule has 0 spiro atoms. The number of hydrogen-bond acceptors (Lipinski definition) is 5. The van der Waals surface area contributed by atoms with E-state index in [0.717, 1.165) is 15.2 Å². The van der Waals surface area contributed by atoms with Crippen LogP contribution in [0, 0.1) is 0 Å². The zero-order chi connectivity index (χ0) is 14.7. The normalized spacial score (nSPS) is 12.1. The zero-order valence-corrected chi connectivity index (χ0v) is 14.4. The summed E-state index contributed by atoms with van der Waals surface area (Å²) in [5, 5.41) is 3.50. The molecule has 0 bridgehead atoms. The van der Waals surface area contributed by atoms with Gasteiger partial charge in [0.05, 0.1) is 22.6 Å². The summed E-state index contributed by atoms with van der Waals surface area (Å²) < 4.78 is 6.50. The van der Waals surface area contributed by atoms with Crippen LogP contribution in [-0.2, 0) is 0 Å². The highest BCUT2D eigenvalue weighted by molar-refractivity contribution is 9.11. The van der Waals surface area contributed by atoms with Crippen molar-refractivity contribution in [2.24, 2.45) is 0 Å². The Morgan fingerprint density at radius 2 is 2.10 bits per heavy atom. The summed E-state index contributed by atoms with van der Waals surface area (Å²) >= 11 is 5.22. The Bertz CT molecular complexity index is 586. The number of rotatable bonds is 5. The van der Waals surface area contributed by atoms with Gasteiger partial charge in [-0.3, -0.25) is 0 Å². The molecule has 0 aromatic carbocycles. The third-order valence-electron chi connectivity index (χ3n) is 2.95. The van der Waals surface area contributed by atoms with Gasteiger partial charge in [0.1, 0.15) is 5.69 Å². The monoisotopic (exact) mass is 355 g/mol. The fourth-order valence-electron chi connectivity index (χ4n) is 1.94. The molecule has 20 heavy (non-hydrogen) atoms. The second kappa shape index (κ2) is 6.45. The van der Waals surface area contributed by atoms with Gasteiger partial charge in [0.25, 0.3) is 0 Å². The van der Waals surface area contributed by atoms with E-state index in [-0.39, 0.29) is 6.04 Å². The van der Waals surface area contributed by atoms with Crippen LogP contribution >= 0.6 is 27.3 Å². The van der Waals surface area contributed by atoms with Crippen LogP contribution in [0.15, 0.2) is 28.2 Å². The minimum Gasteiger partial charge on any atom is -0.479 e. The third-order valence-corrected chi connectivity index (χ3v) is 4.76. The lowest BCUT2D eigenvalue weighted by Crippen LogP contribution is -2.15. The van der Waals surface area contributed by atoms with E-state index in [1.807, 2.05) is 25.1 Å². The number of anilines is 2. The summed E-state index contributed by atoms with van der Waals surface area (Å²) in [5.41, 5.74) is 1.97. The highest BCUT2D eigenvalue weighted by Gasteiger charge is 2.16. The number of nitrogens with zero attached hydrogens (tertiary/aromatic N) is 2. The van der Waals surface area contributed by atoms with Crippen LogP contribution in [-0.4, -0.2) is 26.2 Å². The lowest BCUT2D eigenvalue weighted by atomic mass is 10.2. The second-order valence-corrected chi connectivity index (χ2v) is 7.11. The molecule has 1 atom stereocenters. The molecule has 0 fully saturated rings. The molecule has 0 aliphatic heterocycles. The van der Waals surface area contributed by atoms with Crippen LogP contribution in [0.1, 0.15) is 17.8 Å². The van der Waals surface area contributed by atoms with Crippen LogP contribution in [0.3, 0.4) is 0 Å². The van der Waals surface area contributed by atoms with E-state index >= 15 is 0 Å². The van der Waals surface area contributed by atoms with Gasteiger partial charge in [-0.25, -0.2) is 4.98 Å². The van der Waals surface area contributed by atoms with E-state index in [1.54, 1.807) is 24.6 Å². The molecule has 0 saturated carbocycles. The van der Waals surface area contributed by atoms with Gasteiger partial charge in [-0.05, 0) is 41.1 Å². The summed E-state index contributed by atoms with van der Waals surface area (Å²) in [5.74, 6) is 0.610. The van der Waals surface area contributed by atoms with Crippen LogP contribution in [0.25, 0.3) is 0 Å². The summed E-state index contributed by atoms with van der Waals surface area (Å²) in [7, 11) is 5.65. The smallest absolute Gasteiger partial charge is 0.239 e. The second-order valence-electron chi connectivity index (χ2n) is 4.62. The first kappa shape index (κ1) is 15.1. The Labute approximate surface area is 131 Å². The van der Waals surface area contributed by atoms with Crippen LogP contribution in [0.4, 0.5) is 11.4 Å². The van der Waals surface area contributed by atoms with Crippen molar-refractivity contribution in [1.82, 2.24) is 4.98 Å². The molecule has 1 unspecified atom stereocenters. The molecular formula is C14H18BrN3OS. The van der Waals surface area contributed by atoms with Gasteiger partial charge >= 0.3 is 0 Å². The Hall–Kier alpha value is -1.27. The Kier molecular flexibility index (Phi) is 4.88. The quantitative estimate of drug-likeness (QED) is 0.873. The van der Waals surface area contributed by atoms with Gasteiger partial charge in [-0.15, -0.1) is 11.3 Å². The Morgan fingerprint density at radius 3 is 2.65 bits per heavy atom. The van der Waals surface area contributed by atoms with Crippen LogP contribution < -0.4 is 15.0 Å². The number of thiophene rings is 1. The van der Waals surface area contributed by atoms with Crippen molar-refractivity contribution in [2.75, 3.05) is 31.4 Å². The molecule has 2 aromatic rings. The van der Waals surface area contributed by atoms with Gasteiger partial charge in [0.2, 0.25) is 5.88 Å². The maximum Gasteiger partial charge on any atom is 0.239 e. The number of methoxy groups -OCH3 is 1. The Balaban J connectivity index is 2.32. The number of halogens is 1. The van der Waals surface area contributed by atoms with Crippen LogP contribution in [0.5, 0.6) is 5.88 Å². The minimum atomic E-state index is 0.183. The highest BCUT2D eigenvalue weighted by atomic mass is 79.9. The molecule has 0 aliphatic carbocycles. The summed E-state index contributed by atoms with van der Waals surface area (Å²) in [4.78, 5) is 7.58. The van der Waals surface area contributed by atoms with E-state index in [2.05, 4.69) is 45.3 Å². The molecular weight excluding hydrogens is 338 g/mol. The molecule has 108 valence electrons. The van der Waals surface area contributed by atoms with E-state index < -0.39 is 0 Å². The van der Waals surface area contributed by atoms with Gasteiger partial charge in [-0.2, -0.15) is 0 Å². The van der Waals surface area contributed by atoms with Crippen molar-refractivity contribution in [3.05, 3.63) is 33.1 Å². The third kappa shape index (κ3) is 3.24. The average molecular weight is 356 g/mol. The zero-order valence-electron chi connectivity index (χ0n) is 12.0. The maximum atomic E-state index is 5.37. The molecule has 0 radical (unpaired) electrons. The fraction of sp³-hybridized carbons (Fsp3) is 0.357. The lowest BCUT2D eigenvalue weighted by molar-refractivity contribution is 0.399. The van der Waals surface area contributed by atoms with Gasteiger partial charge in [0, 0.05) is 25.2 Å². The summed E-state index contributed by atoms with van der Waals surface area (Å²) in [6.07, 6.45) is 1.76. The van der Waals surface area contributed by atoms with Crippen molar-refractivity contribution in [3.8, 4) is 5.88 Å². The minimum absolute atomic E-state index is 0.183. The van der Waals surface area contributed by atoms with E-state index in [4.69, 9.17) is 4.74 Å². The maximum absolute atomic E-state index is 5.37. The molecule has 2 rings (SSSR count). The summed E-state index contributed by atoms with van der Waals surface area (Å²) in [6.45, 7) is 2.13. The molecule has 0 amide bonds. The number of ether oxygens (including phenoxy) is 1. The van der Waals surface area contributed by atoms with E-state index in [9.17, 15) is 0 Å². The Morgan fingerprint density at radius 1 is 1.35 bits per heavy atom. The highest BCUT2D eigenvalue weighted by Crippen LogP contribution is 2.36. The lowest BCUT2D eigenvalue weighted by Gasteiger charge is -2.22. The van der Waals surface area contributed by atoms with Gasteiger partial charge < -0.3 is 15.0 Å². The first-order valence-corrected chi connectivity index (χ1v) is 7.86. The number of hydrogen-bond donors (Lipinski definition) is 1. The van der Waals surface area contributed by atoms with E-state index in [1.165, 1.54) is 4.88 Å². The number of pyridine rings is 1. The topological polar surface area (TPSA) is 37.4 Å². The van der Waals surface area contributed by atoms with Crippen LogP contribution in [0.2, 0.25) is 0 Å². The van der Waals surface area contributed by atoms with Gasteiger partial charge in [-0.1, -0.05) is 0 Å². The fourth-order valence-corrected chi connectivity index (χ4v) is 3.37. The van der Waals surface area contributed by atoms with Crippen molar-refractivity contribution < 1.29 is 4.74 Å². The largest absolute Gasteiger partial charge is 0.479 e. The molecule has 2 heterocycles. The molecule has 6 heteroatoms. The first-order chi connectivity index (χ1) is 9.52. The molecule has 0 saturated heterocycles. The van der Waals surface area contributed by atoms with Crippen molar-refractivity contribution in [3.63, 3.8) is 0 Å². The number of aromatic nitrogens is 1. The number of nitrogens with one attached hydrogen (secondary N) is 1. The van der Waals surface area contributed by atoms with Crippen molar-refractivity contribution in [2.45, 2.75) is 13.0 Å².